The van der Waals surface area contributed by atoms with Gasteiger partial charge in [0.25, 0.3) is 0 Å². The molecule has 1 aliphatic rings. The van der Waals surface area contributed by atoms with Crippen LogP contribution in [0.2, 0.25) is 5.15 Å². The van der Waals surface area contributed by atoms with Gasteiger partial charge in [-0.3, -0.25) is 0 Å². The van der Waals surface area contributed by atoms with Crippen molar-refractivity contribution in [3.8, 4) is 0 Å². The molecule has 1 aromatic rings. The molecule has 0 atom stereocenters. The monoisotopic (exact) mass is 255 g/mol. The van der Waals surface area contributed by atoms with E-state index in [0.717, 1.165) is 31.0 Å². The van der Waals surface area contributed by atoms with E-state index < -0.39 is 0 Å². The third-order valence-electron chi connectivity index (χ3n) is 3.01. The number of aliphatic hydroxyl groups is 1. The van der Waals surface area contributed by atoms with Gasteiger partial charge in [-0.2, -0.15) is 0 Å². The highest BCUT2D eigenvalue weighted by molar-refractivity contribution is 6.29. The summed E-state index contributed by atoms with van der Waals surface area (Å²) in [4.78, 5) is 8.59. The Hall–Kier alpha value is -0.870. The molecular formula is C12H18ClN3O. The minimum Gasteiger partial charge on any atom is -0.393 e. The number of aromatic nitrogens is 2. The lowest BCUT2D eigenvalue weighted by molar-refractivity contribution is 0.0486. The molecule has 0 bridgehead atoms. The lowest BCUT2D eigenvalue weighted by atomic mass is 9.82. The molecule has 0 aromatic carbocycles. The third kappa shape index (κ3) is 3.30. The first-order chi connectivity index (χ1) is 8.04. The fourth-order valence-electron chi connectivity index (χ4n) is 1.90. The fourth-order valence-corrected chi connectivity index (χ4v) is 2.09. The molecule has 1 aromatic heterocycles. The minimum atomic E-state index is -0.109. The van der Waals surface area contributed by atoms with Crippen molar-refractivity contribution in [3.63, 3.8) is 0 Å². The maximum atomic E-state index is 9.20. The Labute approximate surface area is 106 Å². The molecule has 0 saturated heterocycles. The van der Waals surface area contributed by atoms with Gasteiger partial charge in [0.2, 0.25) is 0 Å². The van der Waals surface area contributed by atoms with Gasteiger partial charge in [0.15, 0.2) is 0 Å². The topological polar surface area (TPSA) is 58.0 Å². The van der Waals surface area contributed by atoms with Crippen LogP contribution in [0.5, 0.6) is 0 Å². The molecule has 4 nitrogen and oxygen atoms in total. The van der Waals surface area contributed by atoms with Crippen molar-refractivity contribution in [1.82, 2.24) is 9.97 Å². The zero-order chi connectivity index (χ0) is 12.4. The van der Waals surface area contributed by atoms with Crippen LogP contribution in [-0.2, 0) is 0 Å². The second-order valence-corrected chi connectivity index (χ2v) is 5.35. The molecule has 0 unspecified atom stereocenters. The Bertz CT molecular complexity index is 391. The van der Waals surface area contributed by atoms with Crippen molar-refractivity contribution in [2.24, 2.45) is 5.92 Å². The van der Waals surface area contributed by atoms with E-state index in [2.05, 4.69) is 15.3 Å². The number of hydrogen-bond donors (Lipinski definition) is 2. The van der Waals surface area contributed by atoms with Gasteiger partial charge in [0, 0.05) is 18.5 Å². The van der Waals surface area contributed by atoms with Crippen LogP contribution in [0.4, 0.5) is 5.82 Å². The van der Waals surface area contributed by atoms with Crippen LogP contribution in [0.3, 0.4) is 0 Å². The number of nitrogens with one attached hydrogen (secondary N) is 1. The van der Waals surface area contributed by atoms with Gasteiger partial charge >= 0.3 is 0 Å². The number of anilines is 1. The molecule has 17 heavy (non-hydrogen) atoms. The second-order valence-electron chi connectivity index (χ2n) is 4.96. The summed E-state index contributed by atoms with van der Waals surface area (Å²) in [6, 6.07) is 1.74. The zero-order valence-electron chi connectivity index (χ0n) is 10.2. The molecule has 1 aliphatic carbocycles. The van der Waals surface area contributed by atoms with Crippen LogP contribution in [0.1, 0.15) is 38.4 Å². The van der Waals surface area contributed by atoms with Crippen LogP contribution in [0.25, 0.3) is 0 Å². The van der Waals surface area contributed by atoms with Gasteiger partial charge in [-0.05, 0) is 18.8 Å². The summed E-state index contributed by atoms with van der Waals surface area (Å²) < 4.78 is 0. The number of nitrogens with zero attached hydrogens (tertiary/aromatic N) is 2. The number of halogens is 1. The summed E-state index contributed by atoms with van der Waals surface area (Å²) in [5.41, 5.74) is 0. The van der Waals surface area contributed by atoms with E-state index in [9.17, 15) is 5.11 Å². The Balaban J connectivity index is 1.95. The molecule has 2 rings (SSSR count). The molecular weight excluding hydrogens is 238 g/mol. The Morgan fingerprint density at radius 1 is 1.47 bits per heavy atom. The van der Waals surface area contributed by atoms with E-state index in [1.165, 1.54) is 0 Å². The fraction of sp³-hybridized carbons (Fsp3) is 0.667. The summed E-state index contributed by atoms with van der Waals surface area (Å²) in [6.07, 6.45) is 1.65. The first-order valence-electron chi connectivity index (χ1n) is 6.01. The lowest BCUT2D eigenvalue weighted by Crippen LogP contribution is -2.33. The third-order valence-corrected chi connectivity index (χ3v) is 3.20. The average molecular weight is 256 g/mol. The van der Waals surface area contributed by atoms with E-state index in [-0.39, 0.29) is 12.0 Å². The van der Waals surface area contributed by atoms with Gasteiger partial charge in [-0.25, -0.2) is 9.97 Å². The molecule has 0 spiro atoms. The van der Waals surface area contributed by atoms with Crippen LogP contribution >= 0.6 is 11.6 Å². The standard InChI is InChI=1S/C12H18ClN3O/c1-7(2)12-15-10(13)5-11(16-12)14-6-8-3-9(17)4-8/h5,7-9,17H,3-4,6H2,1-2H3,(H,14,15,16). The summed E-state index contributed by atoms with van der Waals surface area (Å²) in [5, 5.41) is 12.9. The predicted octanol–water partition coefficient (Wildman–Crippen LogP) is 2.44. The van der Waals surface area contributed by atoms with E-state index in [4.69, 9.17) is 11.6 Å². The van der Waals surface area contributed by atoms with E-state index in [0.29, 0.717) is 11.1 Å². The van der Waals surface area contributed by atoms with E-state index in [1.54, 1.807) is 6.07 Å². The molecule has 1 saturated carbocycles. The van der Waals surface area contributed by atoms with Crippen molar-refractivity contribution in [1.29, 1.82) is 0 Å². The van der Waals surface area contributed by atoms with E-state index in [1.807, 2.05) is 13.8 Å². The maximum absolute atomic E-state index is 9.20. The average Bonchev–Trinajstić information content (AvgIpc) is 2.22. The summed E-state index contributed by atoms with van der Waals surface area (Å²) >= 11 is 5.95. The van der Waals surface area contributed by atoms with Crippen LogP contribution < -0.4 is 5.32 Å². The van der Waals surface area contributed by atoms with Crippen molar-refractivity contribution >= 4 is 17.4 Å². The maximum Gasteiger partial charge on any atom is 0.135 e. The number of rotatable bonds is 4. The van der Waals surface area contributed by atoms with Crippen molar-refractivity contribution < 1.29 is 5.11 Å². The highest BCUT2D eigenvalue weighted by Crippen LogP contribution is 2.27. The largest absolute Gasteiger partial charge is 0.393 e. The van der Waals surface area contributed by atoms with Crippen molar-refractivity contribution in [2.45, 2.75) is 38.7 Å². The van der Waals surface area contributed by atoms with Gasteiger partial charge < -0.3 is 10.4 Å². The molecule has 0 radical (unpaired) electrons. The van der Waals surface area contributed by atoms with Crippen LogP contribution in [0.15, 0.2) is 6.07 Å². The minimum absolute atomic E-state index is 0.109. The van der Waals surface area contributed by atoms with E-state index >= 15 is 0 Å². The molecule has 1 fully saturated rings. The SMILES string of the molecule is CC(C)c1nc(Cl)cc(NCC2CC(O)C2)n1. The second kappa shape index (κ2) is 5.19. The molecule has 2 N–H and O–H groups in total. The lowest BCUT2D eigenvalue weighted by Gasteiger charge is -2.31. The molecule has 0 aliphatic heterocycles. The quantitative estimate of drug-likeness (QED) is 0.812. The zero-order valence-corrected chi connectivity index (χ0v) is 10.9. The summed E-state index contributed by atoms with van der Waals surface area (Å²) in [5.74, 6) is 2.34. The highest BCUT2D eigenvalue weighted by atomic mass is 35.5. The summed E-state index contributed by atoms with van der Waals surface area (Å²) in [6.45, 7) is 4.91. The summed E-state index contributed by atoms with van der Waals surface area (Å²) in [7, 11) is 0. The Morgan fingerprint density at radius 3 is 2.76 bits per heavy atom. The molecule has 1 heterocycles. The van der Waals surface area contributed by atoms with Gasteiger partial charge in [0.1, 0.15) is 16.8 Å². The molecule has 94 valence electrons. The van der Waals surface area contributed by atoms with Gasteiger partial charge in [-0.15, -0.1) is 0 Å². The van der Waals surface area contributed by atoms with Gasteiger partial charge in [0.05, 0.1) is 6.10 Å². The number of hydrogen-bond acceptors (Lipinski definition) is 4. The van der Waals surface area contributed by atoms with Crippen molar-refractivity contribution in [2.75, 3.05) is 11.9 Å². The Kier molecular flexibility index (Phi) is 3.84. The predicted molar refractivity (Wildman–Crippen MR) is 68.4 cm³/mol. The molecule has 5 heteroatoms. The van der Waals surface area contributed by atoms with Crippen LogP contribution in [0, 0.1) is 5.92 Å². The first kappa shape index (κ1) is 12.6. The molecule has 0 amide bonds. The smallest absolute Gasteiger partial charge is 0.135 e. The van der Waals surface area contributed by atoms with Crippen molar-refractivity contribution in [3.05, 3.63) is 17.0 Å². The first-order valence-corrected chi connectivity index (χ1v) is 6.39. The Morgan fingerprint density at radius 2 is 2.18 bits per heavy atom. The van der Waals surface area contributed by atoms with Gasteiger partial charge in [-0.1, -0.05) is 25.4 Å². The normalized spacial score (nSPS) is 23.6. The van der Waals surface area contributed by atoms with Crippen LogP contribution in [-0.4, -0.2) is 27.7 Å². The highest BCUT2D eigenvalue weighted by Gasteiger charge is 2.26. The number of aliphatic hydroxyl groups excluding tert-OH is 1.